The quantitative estimate of drug-likeness (QED) is 0.619. The summed E-state index contributed by atoms with van der Waals surface area (Å²) in [6.07, 6.45) is 3.12. The zero-order valence-electron chi connectivity index (χ0n) is 11.3. The predicted octanol–water partition coefficient (Wildman–Crippen LogP) is 2.64. The van der Waals surface area contributed by atoms with Gasteiger partial charge in [0.05, 0.1) is 0 Å². The van der Waals surface area contributed by atoms with Gasteiger partial charge in [0, 0.05) is 17.9 Å². The van der Waals surface area contributed by atoms with Crippen LogP contribution in [0.15, 0.2) is 11.1 Å². The van der Waals surface area contributed by atoms with E-state index in [0.29, 0.717) is 24.5 Å². The van der Waals surface area contributed by atoms with Gasteiger partial charge >= 0.3 is 5.97 Å². The van der Waals surface area contributed by atoms with Crippen LogP contribution in [-0.4, -0.2) is 17.9 Å². The Kier molecular flexibility index (Phi) is 2.45. The molecule has 0 saturated heterocycles. The topological polar surface area (TPSA) is 43.4 Å². The third kappa shape index (κ3) is 1.42. The second kappa shape index (κ2) is 3.69. The van der Waals surface area contributed by atoms with Crippen molar-refractivity contribution in [2.45, 2.75) is 52.6 Å². The molecule has 18 heavy (non-hydrogen) atoms. The van der Waals surface area contributed by atoms with Crippen LogP contribution in [0.2, 0.25) is 0 Å². The van der Waals surface area contributed by atoms with Crippen LogP contribution in [-0.2, 0) is 14.3 Å². The number of carbonyl (C=O) groups excluding carboxylic acids is 2. The lowest BCUT2D eigenvalue weighted by molar-refractivity contribution is -0.147. The van der Waals surface area contributed by atoms with E-state index in [-0.39, 0.29) is 23.4 Å². The van der Waals surface area contributed by atoms with Gasteiger partial charge in [-0.05, 0) is 43.1 Å². The third-order valence-corrected chi connectivity index (χ3v) is 5.58. The van der Waals surface area contributed by atoms with Gasteiger partial charge in [-0.15, -0.1) is 0 Å². The molecule has 0 N–H and O–H groups in total. The van der Waals surface area contributed by atoms with Crippen LogP contribution in [0.5, 0.6) is 0 Å². The van der Waals surface area contributed by atoms with Crippen molar-refractivity contribution in [3.8, 4) is 0 Å². The van der Waals surface area contributed by atoms with Crippen molar-refractivity contribution >= 4 is 11.8 Å². The molecule has 3 rings (SSSR count). The summed E-state index contributed by atoms with van der Waals surface area (Å²) in [5, 5.41) is 0. The average molecular weight is 248 g/mol. The summed E-state index contributed by atoms with van der Waals surface area (Å²) in [7, 11) is 0. The zero-order valence-corrected chi connectivity index (χ0v) is 11.3. The maximum absolute atomic E-state index is 12.2. The van der Waals surface area contributed by atoms with Crippen LogP contribution in [0.25, 0.3) is 0 Å². The van der Waals surface area contributed by atoms with Crippen molar-refractivity contribution in [2.75, 3.05) is 0 Å². The van der Waals surface area contributed by atoms with Crippen LogP contribution < -0.4 is 0 Å². The second-order valence-electron chi connectivity index (χ2n) is 6.42. The lowest BCUT2D eigenvalue weighted by Crippen LogP contribution is -2.48. The highest BCUT2D eigenvalue weighted by atomic mass is 16.5. The minimum absolute atomic E-state index is 0.0242. The molecule has 1 heterocycles. The number of ketones is 1. The molecule has 0 spiro atoms. The Labute approximate surface area is 108 Å². The number of hydrogen-bond acceptors (Lipinski definition) is 3. The Morgan fingerprint density at radius 2 is 2.06 bits per heavy atom. The van der Waals surface area contributed by atoms with Crippen molar-refractivity contribution in [2.24, 2.45) is 17.3 Å². The number of fused-ring (bicyclic) bond motifs is 2. The lowest BCUT2D eigenvalue weighted by atomic mass is 9.54. The van der Waals surface area contributed by atoms with Crippen LogP contribution in [0.4, 0.5) is 0 Å². The molecule has 3 nitrogen and oxygen atoms in total. The molecule has 3 aliphatic rings. The Bertz CT molecular complexity index is 462. The van der Waals surface area contributed by atoms with Gasteiger partial charge in [-0.3, -0.25) is 4.79 Å². The van der Waals surface area contributed by atoms with Gasteiger partial charge in [0.15, 0.2) is 0 Å². The van der Waals surface area contributed by atoms with E-state index in [9.17, 15) is 9.59 Å². The van der Waals surface area contributed by atoms with Gasteiger partial charge < -0.3 is 4.74 Å². The number of ether oxygens (including phenoxy) is 1. The van der Waals surface area contributed by atoms with E-state index in [4.69, 9.17) is 4.74 Å². The summed E-state index contributed by atoms with van der Waals surface area (Å²) >= 11 is 0. The molecule has 0 unspecified atom stereocenters. The molecule has 3 heteroatoms. The number of hydrogen-bond donors (Lipinski definition) is 0. The third-order valence-electron chi connectivity index (χ3n) is 5.58. The number of Topliss-reactive ketones (excluding diaryl/α,β-unsaturated/α-hetero) is 1. The highest BCUT2D eigenvalue weighted by Gasteiger charge is 2.53. The average Bonchev–Trinajstić information content (AvgIpc) is 2.59. The van der Waals surface area contributed by atoms with Crippen molar-refractivity contribution in [3.63, 3.8) is 0 Å². The van der Waals surface area contributed by atoms with Gasteiger partial charge in [0.25, 0.3) is 0 Å². The molecule has 2 aliphatic carbocycles. The van der Waals surface area contributed by atoms with E-state index >= 15 is 0 Å². The van der Waals surface area contributed by atoms with Crippen LogP contribution >= 0.6 is 0 Å². The number of carbonyl (C=O) groups is 2. The molecular weight excluding hydrogens is 228 g/mol. The lowest BCUT2D eigenvalue weighted by Gasteiger charge is -2.50. The fraction of sp³-hybridized carbons (Fsp3) is 0.733. The minimum Gasteiger partial charge on any atom is -0.454 e. The molecule has 0 aromatic rings. The highest BCUT2D eigenvalue weighted by Crippen LogP contribution is 2.55. The normalized spacial score (nSPS) is 43.6. The van der Waals surface area contributed by atoms with Crippen LogP contribution in [0.3, 0.4) is 0 Å². The van der Waals surface area contributed by atoms with Crippen molar-refractivity contribution in [1.82, 2.24) is 0 Å². The summed E-state index contributed by atoms with van der Waals surface area (Å²) in [6, 6.07) is 0. The molecule has 0 amide bonds. The number of rotatable bonds is 0. The minimum atomic E-state index is -0.183. The van der Waals surface area contributed by atoms with E-state index in [1.807, 2.05) is 6.92 Å². The molecule has 4 atom stereocenters. The first-order valence-corrected chi connectivity index (χ1v) is 6.87. The van der Waals surface area contributed by atoms with Gasteiger partial charge in [-0.1, -0.05) is 13.8 Å². The molecule has 98 valence electrons. The highest BCUT2D eigenvalue weighted by molar-refractivity contribution is 5.92. The van der Waals surface area contributed by atoms with E-state index < -0.39 is 0 Å². The summed E-state index contributed by atoms with van der Waals surface area (Å²) < 4.78 is 5.39. The molecule has 2 fully saturated rings. The van der Waals surface area contributed by atoms with Crippen molar-refractivity contribution in [3.05, 3.63) is 11.1 Å². The molecule has 0 aromatic heterocycles. The molecule has 0 aromatic carbocycles. The van der Waals surface area contributed by atoms with E-state index in [0.717, 1.165) is 24.0 Å². The smallest absolute Gasteiger partial charge is 0.334 e. The summed E-state index contributed by atoms with van der Waals surface area (Å²) in [4.78, 5) is 23.8. The van der Waals surface area contributed by atoms with Gasteiger partial charge in [0.2, 0.25) is 0 Å². The SMILES string of the molecule is CC1=C2C[C@]3(C)[C@@H](C)CCC(=O)[C@@H]3C[C@@H]2OC1=O. The standard InChI is InChI=1S/C15H20O3/c1-8-4-5-12(16)11-6-13-10(7-15(8,11)3)9(2)14(17)18-13/h8,11,13H,4-7H2,1-3H3/t8-,11-,13-,15+/m0/s1. The van der Waals surface area contributed by atoms with Crippen LogP contribution in [0, 0.1) is 17.3 Å². The fourth-order valence-corrected chi connectivity index (χ4v) is 3.99. The van der Waals surface area contributed by atoms with E-state index in [2.05, 4.69) is 13.8 Å². The molecule has 1 aliphatic heterocycles. The van der Waals surface area contributed by atoms with Crippen LogP contribution in [0.1, 0.15) is 46.5 Å². The first kappa shape index (κ1) is 11.9. The largest absolute Gasteiger partial charge is 0.454 e. The second-order valence-corrected chi connectivity index (χ2v) is 6.42. The van der Waals surface area contributed by atoms with E-state index in [1.54, 1.807) is 0 Å². The Balaban J connectivity index is 2.00. The molecular formula is C15H20O3. The summed E-state index contributed by atoms with van der Waals surface area (Å²) in [6.45, 7) is 6.32. The van der Waals surface area contributed by atoms with Crippen molar-refractivity contribution < 1.29 is 14.3 Å². The first-order valence-electron chi connectivity index (χ1n) is 6.87. The molecule has 0 radical (unpaired) electrons. The van der Waals surface area contributed by atoms with Gasteiger partial charge in [-0.25, -0.2) is 4.79 Å². The Hall–Kier alpha value is -1.12. The first-order chi connectivity index (χ1) is 8.43. The molecule has 2 saturated carbocycles. The Morgan fingerprint density at radius 1 is 1.33 bits per heavy atom. The zero-order chi connectivity index (χ0) is 13.1. The fourth-order valence-electron chi connectivity index (χ4n) is 3.99. The monoisotopic (exact) mass is 248 g/mol. The maximum Gasteiger partial charge on any atom is 0.334 e. The van der Waals surface area contributed by atoms with Crippen molar-refractivity contribution in [1.29, 1.82) is 0 Å². The Morgan fingerprint density at radius 3 is 2.78 bits per heavy atom. The molecule has 0 bridgehead atoms. The number of esters is 1. The van der Waals surface area contributed by atoms with E-state index in [1.165, 1.54) is 0 Å². The predicted molar refractivity (Wildman–Crippen MR) is 66.8 cm³/mol. The summed E-state index contributed by atoms with van der Waals surface area (Å²) in [5.41, 5.74) is 1.96. The maximum atomic E-state index is 12.2. The summed E-state index contributed by atoms with van der Waals surface area (Å²) in [5.74, 6) is 0.804. The van der Waals surface area contributed by atoms with Gasteiger partial charge in [0.1, 0.15) is 11.9 Å². The van der Waals surface area contributed by atoms with Gasteiger partial charge in [-0.2, -0.15) is 0 Å².